The predicted molar refractivity (Wildman–Crippen MR) is 129 cm³/mol. The van der Waals surface area contributed by atoms with Crippen molar-refractivity contribution in [1.29, 1.82) is 0 Å². The Hall–Kier alpha value is -1.99. The molecule has 0 fully saturated rings. The second-order valence-corrected chi connectivity index (χ2v) is 9.89. The zero-order valence-electron chi connectivity index (χ0n) is 19.5. The summed E-state index contributed by atoms with van der Waals surface area (Å²) in [6.07, 6.45) is 3.84. The molecule has 0 aliphatic carbocycles. The van der Waals surface area contributed by atoms with Gasteiger partial charge in [-0.25, -0.2) is 4.79 Å². The molecule has 0 rings (SSSR count). The van der Waals surface area contributed by atoms with Crippen LogP contribution in [0.5, 0.6) is 0 Å². The molecule has 4 unspecified atom stereocenters. The quantitative estimate of drug-likeness (QED) is 0.154. The third-order valence-electron chi connectivity index (χ3n) is 4.55. The number of thioether (sulfide) groups is 2. The monoisotopic (exact) mass is 508 g/mol. The first-order chi connectivity index (χ1) is 15.4. The van der Waals surface area contributed by atoms with Crippen molar-refractivity contribution in [3.05, 3.63) is 0 Å². The van der Waals surface area contributed by atoms with Crippen molar-refractivity contribution >= 4 is 53.2 Å². The summed E-state index contributed by atoms with van der Waals surface area (Å²) in [4.78, 5) is 60.2. The van der Waals surface area contributed by atoms with E-state index >= 15 is 0 Å². The van der Waals surface area contributed by atoms with Crippen LogP contribution in [0.3, 0.4) is 0 Å². The Morgan fingerprint density at radius 3 is 1.76 bits per heavy atom. The maximum atomic E-state index is 13.0. The zero-order chi connectivity index (χ0) is 25.6. The largest absolute Gasteiger partial charge is 0.481 e. The molecule has 0 aromatic heterocycles. The Labute approximate surface area is 202 Å². The van der Waals surface area contributed by atoms with Crippen molar-refractivity contribution in [2.45, 2.75) is 63.7 Å². The van der Waals surface area contributed by atoms with Gasteiger partial charge in [-0.3, -0.25) is 19.2 Å². The second kappa shape index (κ2) is 16.6. The molecule has 0 heterocycles. The van der Waals surface area contributed by atoms with Gasteiger partial charge in [0.1, 0.15) is 18.1 Å². The molecule has 4 atom stereocenters. The summed E-state index contributed by atoms with van der Waals surface area (Å²) in [5.41, 5.74) is 5.89. The molecule has 0 aromatic rings. The first kappa shape index (κ1) is 31.0. The first-order valence-electron chi connectivity index (χ1n) is 10.5. The first-order valence-corrected chi connectivity index (χ1v) is 13.3. The van der Waals surface area contributed by atoms with Gasteiger partial charge in [-0.15, -0.1) is 0 Å². The number of carbonyl (C=O) groups is 5. The molecule has 7 N–H and O–H groups in total. The molecule has 190 valence electrons. The van der Waals surface area contributed by atoms with Gasteiger partial charge in [0.2, 0.25) is 17.7 Å². The molecule has 0 bridgehead atoms. The van der Waals surface area contributed by atoms with Gasteiger partial charge in [0.05, 0.1) is 12.5 Å². The molecule has 0 saturated carbocycles. The minimum Gasteiger partial charge on any atom is -0.481 e. The van der Waals surface area contributed by atoms with Crippen molar-refractivity contribution in [2.75, 3.05) is 24.0 Å². The van der Waals surface area contributed by atoms with Crippen LogP contribution in [0.1, 0.15) is 39.5 Å². The van der Waals surface area contributed by atoms with Gasteiger partial charge in [-0.2, -0.15) is 23.5 Å². The standard InChI is InChI=1S/C20H36N4O7S2/c1-11(2)9-14(23-17(27)12(21)5-7-32-3)19(29)22-13(6-8-33-4)18(28)24-15(20(30)31)10-16(25)26/h11-15H,5-10,21H2,1-4H3,(H,22,29)(H,23,27)(H,24,28)(H,25,26)(H,30,31). The lowest BCUT2D eigenvalue weighted by molar-refractivity contribution is -0.147. The van der Waals surface area contributed by atoms with E-state index in [0.717, 1.165) is 0 Å². The number of hydrogen-bond acceptors (Lipinski definition) is 8. The summed E-state index contributed by atoms with van der Waals surface area (Å²) in [6, 6.07) is -4.44. The van der Waals surface area contributed by atoms with Crippen molar-refractivity contribution in [3.63, 3.8) is 0 Å². The fourth-order valence-corrected chi connectivity index (χ4v) is 3.74. The lowest BCUT2D eigenvalue weighted by Crippen LogP contribution is -2.57. The summed E-state index contributed by atoms with van der Waals surface area (Å²) in [5.74, 6) is -3.53. The van der Waals surface area contributed by atoms with E-state index in [1.807, 2.05) is 20.1 Å². The number of carbonyl (C=O) groups excluding carboxylic acids is 3. The van der Waals surface area contributed by atoms with Crippen LogP contribution >= 0.6 is 23.5 Å². The summed E-state index contributed by atoms with van der Waals surface area (Å²) in [6.45, 7) is 3.75. The van der Waals surface area contributed by atoms with E-state index in [0.29, 0.717) is 24.3 Å². The fraction of sp³-hybridized carbons (Fsp3) is 0.750. The lowest BCUT2D eigenvalue weighted by Gasteiger charge is -2.26. The highest BCUT2D eigenvalue weighted by molar-refractivity contribution is 7.98. The lowest BCUT2D eigenvalue weighted by atomic mass is 10.0. The van der Waals surface area contributed by atoms with Gasteiger partial charge in [0, 0.05) is 0 Å². The Balaban J connectivity index is 5.43. The number of nitrogens with two attached hydrogens (primary N) is 1. The van der Waals surface area contributed by atoms with E-state index < -0.39 is 60.2 Å². The number of aliphatic carboxylic acids is 2. The van der Waals surface area contributed by atoms with Crippen LogP contribution in [0.15, 0.2) is 0 Å². The zero-order valence-corrected chi connectivity index (χ0v) is 21.1. The SMILES string of the molecule is CSCCC(N)C(=O)NC(CC(C)C)C(=O)NC(CCSC)C(=O)NC(CC(=O)O)C(=O)O. The third-order valence-corrected chi connectivity index (χ3v) is 5.83. The highest BCUT2D eigenvalue weighted by Gasteiger charge is 2.31. The van der Waals surface area contributed by atoms with Crippen LogP contribution in [0.2, 0.25) is 0 Å². The number of rotatable bonds is 17. The molecule has 0 aromatic carbocycles. The average molecular weight is 509 g/mol. The summed E-state index contributed by atoms with van der Waals surface area (Å²) in [7, 11) is 0. The van der Waals surface area contributed by atoms with Gasteiger partial charge in [0.25, 0.3) is 0 Å². The Kier molecular flexibility index (Phi) is 15.6. The Morgan fingerprint density at radius 2 is 1.27 bits per heavy atom. The van der Waals surface area contributed by atoms with Gasteiger partial charge in [-0.05, 0) is 49.2 Å². The molecule has 0 radical (unpaired) electrons. The average Bonchev–Trinajstić information content (AvgIpc) is 2.72. The van der Waals surface area contributed by atoms with Gasteiger partial charge in [0.15, 0.2) is 0 Å². The summed E-state index contributed by atoms with van der Waals surface area (Å²) in [5, 5.41) is 25.4. The molecule has 3 amide bonds. The molecule has 11 nitrogen and oxygen atoms in total. The normalized spacial score (nSPS) is 14.6. The van der Waals surface area contributed by atoms with Crippen molar-refractivity contribution in [1.82, 2.24) is 16.0 Å². The number of carboxylic acids is 2. The molecular formula is C20H36N4O7S2. The van der Waals surface area contributed by atoms with E-state index in [2.05, 4.69) is 16.0 Å². The number of nitrogens with one attached hydrogen (secondary N) is 3. The van der Waals surface area contributed by atoms with Gasteiger partial charge >= 0.3 is 11.9 Å². The van der Waals surface area contributed by atoms with Gasteiger partial charge in [-0.1, -0.05) is 13.8 Å². The summed E-state index contributed by atoms with van der Waals surface area (Å²) < 4.78 is 0. The predicted octanol–water partition coefficient (Wildman–Crippen LogP) is -0.120. The van der Waals surface area contributed by atoms with E-state index in [4.69, 9.17) is 10.8 Å². The van der Waals surface area contributed by atoms with E-state index in [1.165, 1.54) is 11.8 Å². The van der Waals surface area contributed by atoms with Crippen LogP contribution in [-0.4, -0.2) is 88.1 Å². The van der Waals surface area contributed by atoms with E-state index in [-0.39, 0.29) is 12.3 Å². The van der Waals surface area contributed by atoms with E-state index in [9.17, 15) is 29.1 Å². The maximum absolute atomic E-state index is 13.0. The molecular weight excluding hydrogens is 472 g/mol. The van der Waals surface area contributed by atoms with Crippen LogP contribution in [0, 0.1) is 5.92 Å². The van der Waals surface area contributed by atoms with Crippen molar-refractivity contribution in [2.24, 2.45) is 11.7 Å². The van der Waals surface area contributed by atoms with Crippen LogP contribution in [-0.2, 0) is 24.0 Å². The maximum Gasteiger partial charge on any atom is 0.326 e. The van der Waals surface area contributed by atoms with Gasteiger partial charge < -0.3 is 31.9 Å². The fourth-order valence-electron chi connectivity index (χ4n) is 2.78. The highest BCUT2D eigenvalue weighted by atomic mass is 32.2. The second-order valence-electron chi connectivity index (χ2n) is 7.92. The molecule has 0 aliphatic rings. The van der Waals surface area contributed by atoms with Crippen LogP contribution in [0.25, 0.3) is 0 Å². The molecule has 13 heteroatoms. The highest BCUT2D eigenvalue weighted by Crippen LogP contribution is 2.09. The summed E-state index contributed by atoms with van der Waals surface area (Å²) >= 11 is 2.97. The van der Waals surface area contributed by atoms with Crippen molar-refractivity contribution in [3.8, 4) is 0 Å². The molecule has 0 spiro atoms. The van der Waals surface area contributed by atoms with Crippen LogP contribution < -0.4 is 21.7 Å². The topological polar surface area (TPSA) is 188 Å². The molecule has 0 saturated heterocycles. The molecule has 0 aliphatic heterocycles. The molecule has 33 heavy (non-hydrogen) atoms. The number of amides is 3. The minimum absolute atomic E-state index is 0.0499. The minimum atomic E-state index is -1.63. The third kappa shape index (κ3) is 13.3. The Morgan fingerprint density at radius 1 is 0.788 bits per heavy atom. The smallest absolute Gasteiger partial charge is 0.326 e. The number of carboxylic acid groups (broad SMARTS) is 2. The van der Waals surface area contributed by atoms with Crippen LogP contribution in [0.4, 0.5) is 0 Å². The van der Waals surface area contributed by atoms with E-state index in [1.54, 1.807) is 18.0 Å². The van der Waals surface area contributed by atoms with Crippen molar-refractivity contribution < 1.29 is 34.2 Å². The Bertz CT molecular complexity index is 679. The number of hydrogen-bond donors (Lipinski definition) is 6.